The van der Waals surface area contributed by atoms with E-state index in [4.69, 9.17) is 14.2 Å². The molecule has 0 aliphatic rings. The second-order valence-electron chi connectivity index (χ2n) is 5.08. The fourth-order valence-electron chi connectivity index (χ4n) is 2.11. The Morgan fingerprint density at radius 3 is 2.36 bits per heavy atom. The summed E-state index contributed by atoms with van der Waals surface area (Å²) in [7, 11) is 3.10. The predicted octanol–water partition coefficient (Wildman–Crippen LogP) is 1.37. The number of amides is 3. The summed E-state index contributed by atoms with van der Waals surface area (Å²) >= 11 is 0. The van der Waals surface area contributed by atoms with Crippen LogP contribution in [0.2, 0.25) is 0 Å². The monoisotopic (exact) mass is 352 g/mol. The summed E-state index contributed by atoms with van der Waals surface area (Å²) in [4.78, 5) is 35.9. The minimum atomic E-state index is -0.638. The molecule has 0 aliphatic heterocycles. The number of nitrogens with zero attached hydrogens (tertiary/aromatic N) is 1. The van der Waals surface area contributed by atoms with Crippen molar-refractivity contribution >= 4 is 17.9 Å². The number of nitrogens with one attached hydrogen (secondary N) is 1. The molecule has 0 saturated carbocycles. The highest BCUT2D eigenvalue weighted by Crippen LogP contribution is 2.27. The first-order valence-corrected chi connectivity index (χ1v) is 7.85. The van der Waals surface area contributed by atoms with E-state index < -0.39 is 24.5 Å². The summed E-state index contributed by atoms with van der Waals surface area (Å²) in [5, 5.41) is 2.61. The summed E-state index contributed by atoms with van der Waals surface area (Å²) in [6.45, 7) is 2.93. The quantitative estimate of drug-likeness (QED) is 0.710. The lowest BCUT2D eigenvalue weighted by Gasteiger charge is -2.18. The second-order valence-corrected chi connectivity index (χ2v) is 5.08. The zero-order valence-electron chi connectivity index (χ0n) is 15.0. The summed E-state index contributed by atoms with van der Waals surface area (Å²) in [5.41, 5.74) is 0.928. The van der Waals surface area contributed by atoms with Gasteiger partial charge in [-0.2, -0.15) is 0 Å². The Bertz CT molecular complexity index is 617. The summed E-state index contributed by atoms with van der Waals surface area (Å²) < 4.78 is 15.1. The van der Waals surface area contributed by atoms with Crippen molar-refractivity contribution in [2.45, 2.75) is 20.3 Å². The molecule has 0 heterocycles. The van der Waals surface area contributed by atoms with E-state index in [1.807, 2.05) is 12.1 Å². The highest BCUT2D eigenvalue weighted by Gasteiger charge is 2.21. The standard InChI is InChI=1S/C17H24N2O6/c1-5-25-16(21)11-19(12(2)20)17(22)18-9-8-13-6-7-14(23-3)15(10-13)24-4/h6-7,10H,5,8-9,11H2,1-4H3,(H,18,22). The molecule has 1 aromatic carbocycles. The van der Waals surface area contributed by atoms with Gasteiger partial charge in [0.15, 0.2) is 11.5 Å². The normalized spacial score (nSPS) is 9.92. The first kappa shape index (κ1) is 20.3. The van der Waals surface area contributed by atoms with Crippen LogP contribution in [-0.2, 0) is 20.7 Å². The lowest BCUT2D eigenvalue weighted by atomic mass is 10.1. The van der Waals surface area contributed by atoms with E-state index in [1.54, 1.807) is 27.2 Å². The van der Waals surface area contributed by atoms with Crippen LogP contribution in [0.5, 0.6) is 11.5 Å². The molecule has 1 aromatic rings. The van der Waals surface area contributed by atoms with Crippen LogP contribution >= 0.6 is 0 Å². The maximum absolute atomic E-state index is 12.1. The first-order chi connectivity index (χ1) is 11.9. The van der Waals surface area contributed by atoms with E-state index in [0.29, 0.717) is 24.5 Å². The molecule has 1 rings (SSSR count). The largest absolute Gasteiger partial charge is 0.493 e. The van der Waals surface area contributed by atoms with Crippen molar-refractivity contribution in [3.63, 3.8) is 0 Å². The zero-order valence-corrected chi connectivity index (χ0v) is 15.0. The van der Waals surface area contributed by atoms with Gasteiger partial charge in [-0.15, -0.1) is 0 Å². The molecule has 0 fully saturated rings. The zero-order chi connectivity index (χ0) is 18.8. The van der Waals surface area contributed by atoms with Gasteiger partial charge in [-0.1, -0.05) is 6.07 Å². The fraction of sp³-hybridized carbons (Fsp3) is 0.471. The molecule has 8 nitrogen and oxygen atoms in total. The van der Waals surface area contributed by atoms with Gasteiger partial charge in [0.25, 0.3) is 0 Å². The Labute approximate surface area is 147 Å². The maximum atomic E-state index is 12.1. The van der Waals surface area contributed by atoms with Gasteiger partial charge < -0.3 is 19.5 Å². The Morgan fingerprint density at radius 2 is 1.80 bits per heavy atom. The molecule has 0 atom stereocenters. The summed E-state index contributed by atoms with van der Waals surface area (Å²) in [6, 6.07) is 4.81. The number of hydrogen-bond donors (Lipinski definition) is 1. The number of urea groups is 1. The maximum Gasteiger partial charge on any atom is 0.326 e. The number of methoxy groups -OCH3 is 2. The average Bonchev–Trinajstić information content (AvgIpc) is 2.59. The number of benzene rings is 1. The summed E-state index contributed by atoms with van der Waals surface area (Å²) in [6.07, 6.45) is 0.525. The topological polar surface area (TPSA) is 94.2 Å². The Kier molecular flexibility index (Phi) is 8.25. The SMILES string of the molecule is CCOC(=O)CN(C(C)=O)C(=O)NCCc1ccc(OC)c(OC)c1. The van der Waals surface area contributed by atoms with E-state index in [-0.39, 0.29) is 6.61 Å². The molecule has 1 N–H and O–H groups in total. The molecular formula is C17H24N2O6. The van der Waals surface area contributed by atoms with Crippen LogP contribution in [0.1, 0.15) is 19.4 Å². The average molecular weight is 352 g/mol. The number of hydrogen-bond acceptors (Lipinski definition) is 6. The molecule has 25 heavy (non-hydrogen) atoms. The van der Waals surface area contributed by atoms with Crippen LogP contribution in [-0.4, -0.2) is 56.7 Å². The van der Waals surface area contributed by atoms with Crippen molar-refractivity contribution in [1.29, 1.82) is 0 Å². The van der Waals surface area contributed by atoms with Crippen LogP contribution in [0.3, 0.4) is 0 Å². The van der Waals surface area contributed by atoms with E-state index >= 15 is 0 Å². The molecule has 0 aliphatic carbocycles. The molecule has 0 unspecified atom stereocenters. The molecule has 0 bridgehead atoms. The van der Waals surface area contributed by atoms with Crippen molar-refractivity contribution < 1.29 is 28.6 Å². The highest BCUT2D eigenvalue weighted by molar-refractivity contribution is 5.96. The highest BCUT2D eigenvalue weighted by atomic mass is 16.5. The smallest absolute Gasteiger partial charge is 0.326 e. The molecular weight excluding hydrogens is 328 g/mol. The first-order valence-electron chi connectivity index (χ1n) is 7.85. The van der Waals surface area contributed by atoms with Crippen molar-refractivity contribution in [3.05, 3.63) is 23.8 Å². The van der Waals surface area contributed by atoms with Gasteiger partial charge in [0.2, 0.25) is 5.91 Å². The van der Waals surface area contributed by atoms with Crippen molar-refractivity contribution in [2.24, 2.45) is 0 Å². The predicted molar refractivity (Wildman–Crippen MR) is 90.7 cm³/mol. The Morgan fingerprint density at radius 1 is 1.12 bits per heavy atom. The lowest BCUT2D eigenvalue weighted by molar-refractivity contribution is -0.146. The number of carbonyl (C=O) groups is 3. The van der Waals surface area contributed by atoms with Gasteiger partial charge in [0.1, 0.15) is 6.54 Å². The van der Waals surface area contributed by atoms with Crippen molar-refractivity contribution in [3.8, 4) is 11.5 Å². The number of esters is 1. The van der Waals surface area contributed by atoms with E-state index in [9.17, 15) is 14.4 Å². The molecule has 0 radical (unpaired) electrons. The number of imide groups is 1. The number of ether oxygens (including phenoxy) is 3. The van der Waals surface area contributed by atoms with E-state index in [1.165, 1.54) is 6.92 Å². The molecule has 0 saturated heterocycles. The van der Waals surface area contributed by atoms with Crippen LogP contribution in [0.4, 0.5) is 4.79 Å². The molecule has 3 amide bonds. The summed E-state index contributed by atoms with van der Waals surface area (Å²) in [5.74, 6) is 0.0517. The van der Waals surface area contributed by atoms with E-state index in [2.05, 4.69) is 5.32 Å². The van der Waals surface area contributed by atoms with Crippen LogP contribution in [0.15, 0.2) is 18.2 Å². The molecule has 138 valence electrons. The van der Waals surface area contributed by atoms with Crippen molar-refractivity contribution in [1.82, 2.24) is 10.2 Å². The Hall–Kier alpha value is -2.77. The third-order valence-corrected chi connectivity index (χ3v) is 3.36. The minimum Gasteiger partial charge on any atom is -0.493 e. The van der Waals surface area contributed by atoms with Crippen LogP contribution in [0.25, 0.3) is 0 Å². The van der Waals surface area contributed by atoms with E-state index in [0.717, 1.165) is 10.5 Å². The van der Waals surface area contributed by atoms with Gasteiger partial charge in [-0.05, 0) is 31.0 Å². The molecule has 8 heteroatoms. The molecule has 0 spiro atoms. The fourth-order valence-corrected chi connectivity index (χ4v) is 2.11. The Balaban J connectivity index is 2.59. The van der Waals surface area contributed by atoms with Gasteiger partial charge >= 0.3 is 12.0 Å². The lowest BCUT2D eigenvalue weighted by Crippen LogP contribution is -2.46. The third kappa shape index (κ3) is 6.33. The van der Waals surface area contributed by atoms with Crippen LogP contribution in [0, 0.1) is 0 Å². The third-order valence-electron chi connectivity index (χ3n) is 3.36. The van der Waals surface area contributed by atoms with Gasteiger partial charge in [0, 0.05) is 13.5 Å². The van der Waals surface area contributed by atoms with Gasteiger partial charge in [-0.3, -0.25) is 14.5 Å². The number of rotatable bonds is 8. The van der Waals surface area contributed by atoms with Gasteiger partial charge in [0.05, 0.1) is 20.8 Å². The van der Waals surface area contributed by atoms with Crippen LogP contribution < -0.4 is 14.8 Å². The molecule has 0 aromatic heterocycles. The van der Waals surface area contributed by atoms with Crippen molar-refractivity contribution in [2.75, 3.05) is 33.9 Å². The van der Waals surface area contributed by atoms with Gasteiger partial charge in [-0.25, -0.2) is 4.79 Å². The second kappa shape index (κ2) is 10.2. The minimum absolute atomic E-state index is 0.186. The number of carbonyl (C=O) groups excluding carboxylic acids is 3.